The number of ether oxygens (including phenoxy) is 1. The van der Waals surface area contributed by atoms with E-state index in [1.54, 1.807) is 13.8 Å². The number of aliphatic carboxylic acids is 1. The Labute approximate surface area is 119 Å². The van der Waals surface area contributed by atoms with E-state index < -0.39 is 11.9 Å². The zero-order chi connectivity index (χ0) is 15.5. The highest BCUT2D eigenvalue weighted by Crippen LogP contribution is 2.04. The van der Waals surface area contributed by atoms with E-state index in [4.69, 9.17) is 9.84 Å². The van der Waals surface area contributed by atoms with Crippen LogP contribution in [0.2, 0.25) is 0 Å². The molecule has 1 unspecified atom stereocenters. The number of hydrogen-bond acceptors (Lipinski definition) is 4. The SMILES string of the molecule is CCOC(=O)CN(CC)C(=O)NCC(C)CCC(=O)O. The molecule has 0 saturated carbocycles. The summed E-state index contributed by atoms with van der Waals surface area (Å²) in [6, 6.07) is -0.345. The van der Waals surface area contributed by atoms with Crippen LogP contribution in [-0.4, -0.2) is 54.2 Å². The molecule has 0 aromatic heterocycles. The lowest BCUT2D eigenvalue weighted by molar-refractivity contribution is -0.143. The number of carboxylic acid groups (broad SMARTS) is 1. The molecule has 0 aromatic carbocycles. The molecule has 0 aliphatic heterocycles. The molecule has 1 atom stereocenters. The average Bonchev–Trinajstić information content (AvgIpc) is 2.40. The van der Waals surface area contributed by atoms with Crippen molar-refractivity contribution in [2.75, 3.05) is 26.2 Å². The van der Waals surface area contributed by atoms with Crippen LogP contribution in [0.5, 0.6) is 0 Å². The highest BCUT2D eigenvalue weighted by atomic mass is 16.5. The summed E-state index contributed by atoms with van der Waals surface area (Å²) in [6.45, 7) is 6.32. The van der Waals surface area contributed by atoms with Crippen molar-refractivity contribution in [3.8, 4) is 0 Å². The molecule has 2 amide bonds. The van der Waals surface area contributed by atoms with E-state index in [-0.39, 0.29) is 31.5 Å². The molecule has 0 heterocycles. The fraction of sp³-hybridized carbons (Fsp3) is 0.769. The summed E-state index contributed by atoms with van der Waals surface area (Å²) in [5, 5.41) is 11.3. The van der Waals surface area contributed by atoms with Crippen LogP contribution in [0.15, 0.2) is 0 Å². The van der Waals surface area contributed by atoms with Crippen LogP contribution in [0.25, 0.3) is 0 Å². The third kappa shape index (κ3) is 8.34. The van der Waals surface area contributed by atoms with E-state index in [1.807, 2.05) is 6.92 Å². The molecule has 0 aliphatic carbocycles. The van der Waals surface area contributed by atoms with Crippen molar-refractivity contribution in [3.63, 3.8) is 0 Å². The van der Waals surface area contributed by atoms with Gasteiger partial charge in [-0.2, -0.15) is 0 Å². The van der Waals surface area contributed by atoms with Crippen molar-refractivity contribution in [1.29, 1.82) is 0 Å². The third-order valence-corrected chi connectivity index (χ3v) is 2.75. The van der Waals surface area contributed by atoms with Crippen molar-refractivity contribution in [2.45, 2.75) is 33.6 Å². The lowest BCUT2D eigenvalue weighted by Gasteiger charge is -2.21. The molecule has 0 fully saturated rings. The van der Waals surface area contributed by atoms with Crippen LogP contribution in [0.4, 0.5) is 4.79 Å². The largest absolute Gasteiger partial charge is 0.481 e. The number of carboxylic acids is 1. The van der Waals surface area contributed by atoms with Crippen LogP contribution in [0.3, 0.4) is 0 Å². The molecule has 0 rings (SSSR count). The molecule has 7 heteroatoms. The van der Waals surface area contributed by atoms with Gasteiger partial charge in [0.2, 0.25) is 0 Å². The molecule has 0 saturated heterocycles. The minimum absolute atomic E-state index is 0.0661. The Morgan fingerprint density at radius 2 is 1.95 bits per heavy atom. The second-order valence-electron chi connectivity index (χ2n) is 4.54. The number of hydrogen-bond donors (Lipinski definition) is 2. The maximum atomic E-state index is 11.8. The summed E-state index contributed by atoms with van der Waals surface area (Å²) < 4.78 is 4.79. The average molecular weight is 288 g/mol. The van der Waals surface area contributed by atoms with Crippen molar-refractivity contribution in [3.05, 3.63) is 0 Å². The molecule has 0 spiro atoms. The lowest BCUT2D eigenvalue weighted by Crippen LogP contribution is -2.44. The van der Waals surface area contributed by atoms with Gasteiger partial charge in [-0.15, -0.1) is 0 Å². The predicted molar refractivity (Wildman–Crippen MR) is 73.3 cm³/mol. The molecule has 0 radical (unpaired) electrons. The standard InChI is InChI=1S/C13H24N2O5/c1-4-15(9-12(18)20-5-2)13(19)14-8-10(3)6-7-11(16)17/h10H,4-9H2,1-3H3,(H,14,19)(H,16,17). The Balaban J connectivity index is 4.08. The molecule has 0 aromatic rings. The van der Waals surface area contributed by atoms with E-state index in [9.17, 15) is 14.4 Å². The summed E-state index contributed by atoms with van der Waals surface area (Å²) in [7, 11) is 0. The van der Waals surface area contributed by atoms with Gasteiger partial charge in [-0.1, -0.05) is 6.92 Å². The van der Waals surface area contributed by atoms with Crippen molar-refractivity contribution >= 4 is 18.0 Å². The van der Waals surface area contributed by atoms with E-state index in [1.165, 1.54) is 4.90 Å². The second-order valence-corrected chi connectivity index (χ2v) is 4.54. The number of rotatable bonds is 9. The molecule has 116 valence electrons. The van der Waals surface area contributed by atoms with Gasteiger partial charge in [-0.3, -0.25) is 9.59 Å². The Hall–Kier alpha value is -1.79. The van der Waals surface area contributed by atoms with Crippen molar-refractivity contribution in [1.82, 2.24) is 10.2 Å². The maximum Gasteiger partial charge on any atom is 0.325 e. The Bertz CT molecular complexity index is 333. The van der Waals surface area contributed by atoms with Crippen LogP contribution in [0.1, 0.15) is 33.6 Å². The molecular weight excluding hydrogens is 264 g/mol. The number of nitrogens with one attached hydrogen (secondary N) is 1. The molecule has 20 heavy (non-hydrogen) atoms. The fourth-order valence-electron chi connectivity index (χ4n) is 1.53. The van der Waals surface area contributed by atoms with Crippen LogP contribution >= 0.6 is 0 Å². The zero-order valence-corrected chi connectivity index (χ0v) is 12.3. The van der Waals surface area contributed by atoms with Gasteiger partial charge in [0, 0.05) is 19.5 Å². The number of nitrogens with zero attached hydrogens (tertiary/aromatic N) is 1. The molecular formula is C13H24N2O5. The van der Waals surface area contributed by atoms with E-state index in [2.05, 4.69) is 5.32 Å². The maximum absolute atomic E-state index is 11.8. The molecule has 0 aliphatic rings. The van der Waals surface area contributed by atoms with Crippen LogP contribution in [0, 0.1) is 5.92 Å². The Morgan fingerprint density at radius 1 is 1.30 bits per heavy atom. The van der Waals surface area contributed by atoms with Crippen LogP contribution in [-0.2, 0) is 14.3 Å². The molecule has 7 nitrogen and oxygen atoms in total. The zero-order valence-electron chi connectivity index (χ0n) is 12.3. The summed E-state index contributed by atoms with van der Waals surface area (Å²) in [5.41, 5.74) is 0. The minimum Gasteiger partial charge on any atom is -0.481 e. The Kier molecular flexibility index (Phi) is 9.15. The highest BCUT2D eigenvalue weighted by Gasteiger charge is 2.16. The van der Waals surface area contributed by atoms with Gasteiger partial charge in [0.15, 0.2) is 0 Å². The molecule has 0 bridgehead atoms. The first-order valence-corrected chi connectivity index (χ1v) is 6.80. The van der Waals surface area contributed by atoms with E-state index >= 15 is 0 Å². The molecule has 2 N–H and O–H groups in total. The van der Waals surface area contributed by atoms with Crippen LogP contribution < -0.4 is 5.32 Å². The first-order chi connectivity index (χ1) is 9.40. The summed E-state index contributed by atoms with van der Waals surface area (Å²) in [4.78, 5) is 35.0. The number of esters is 1. The second kappa shape index (κ2) is 10.1. The Morgan fingerprint density at radius 3 is 2.45 bits per heavy atom. The smallest absolute Gasteiger partial charge is 0.325 e. The first kappa shape index (κ1) is 18.2. The highest BCUT2D eigenvalue weighted by molar-refractivity contribution is 5.80. The number of amides is 2. The summed E-state index contributed by atoms with van der Waals surface area (Å²) in [5.74, 6) is -1.22. The van der Waals surface area contributed by atoms with Gasteiger partial charge in [-0.25, -0.2) is 4.79 Å². The number of carbonyl (C=O) groups excluding carboxylic acids is 2. The summed E-state index contributed by atoms with van der Waals surface area (Å²) >= 11 is 0. The van der Waals surface area contributed by atoms with E-state index in [0.717, 1.165) is 0 Å². The number of carbonyl (C=O) groups is 3. The quantitative estimate of drug-likeness (QED) is 0.619. The topological polar surface area (TPSA) is 95.9 Å². The van der Waals surface area contributed by atoms with Gasteiger partial charge < -0.3 is 20.1 Å². The first-order valence-electron chi connectivity index (χ1n) is 6.80. The van der Waals surface area contributed by atoms with Crippen molar-refractivity contribution < 1.29 is 24.2 Å². The van der Waals surface area contributed by atoms with Gasteiger partial charge in [-0.05, 0) is 26.2 Å². The summed E-state index contributed by atoms with van der Waals surface area (Å²) in [6.07, 6.45) is 0.580. The predicted octanol–water partition coefficient (Wildman–Crippen LogP) is 1.08. The minimum atomic E-state index is -0.847. The fourth-order valence-corrected chi connectivity index (χ4v) is 1.53. The van der Waals surface area contributed by atoms with Gasteiger partial charge in [0.05, 0.1) is 6.61 Å². The van der Waals surface area contributed by atoms with Gasteiger partial charge in [0.25, 0.3) is 0 Å². The van der Waals surface area contributed by atoms with Gasteiger partial charge >= 0.3 is 18.0 Å². The van der Waals surface area contributed by atoms with Crippen molar-refractivity contribution in [2.24, 2.45) is 5.92 Å². The third-order valence-electron chi connectivity index (χ3n) is 2.75. The monoisotopic (exact) mass is 288 g/mol. The van der Waals surface area contributed by atoms with Gasteiger partial charge in [0.1, 0.15) is 6.54 Å². The normalized spacial score (nSPS) is 11.6. The number of urea groups is 1. The lowest BCUT2D eigenvalue weighted by atomic mass is 10.1. The number of likely N-dealkylation sites (N-methyl/N-ethyl adjacent to an activating group) is 1. The van der Waals surface area contributed by atoms with E-state index in [0.29, 0.717) is 19.5 Å².